The number of hydrogen-bond donors (Lipinski definition) is 0. The van der Waals surface area contributed by atoms with E-state index in [2.05, 4.69) is 13.8 Å². The third kappa shape index (κ3) is 22.2. The van der Waals surface area contributed by atoms with Crippen LogP contribution >= 0.6 is 0 Å². The van der Waals surface area contributed by atoms with E-state index in [1.807, 2.05) is 0 Å². The lowest BCUT2D eigenvalue weighted by Crippen LogP contribution is -1.97. The summed E-state index contributed by atoms with van der Waals surface area (Å²) in [5.41, 5.74) is 0. The molecular weight excluding hydrogens is 272 g/mol. The van der Waals surface area contributed by atoms with Gasteiger partial charge in [0, 0.05) is 13.2 Å². The lowest BCUT2D eigenvalue weighted by atomic mass is 10.1. The molecule has 0 aliphatic rings. The molecule has 0 fully saturated rings. The average Bonchev–Trinajstić information content (AvgIpc) is 2.50. The minimum absolute atomic E-state index is 0. The largest absolute Gasteiger partial charge is 0.412 e. The molecule has 0 bridgehead atoms. The summed E-state index contributed by atoms with van der Waals surface area (Å²) >= 11 is 0. The Kier molecular flexibility index (Phi) is 25.5. The van der Waals surface area contributed by atoms with E-state index in [9.17, 15) is 0 Å². The first-order valence-corrected chi connectivity index (χ1v) is 9.99. The van der Waals surface area contributed by atoms with Crippen LogP contribution in [0.1, 0.15) is 117 Å². The zero-order valence-corrected chi connectivity index (χ0v) is 15.6. The minimum atomic E-state index is 0. The summed E-state index contributed by atoms with van der Waals surface area (Å²) in [5, 5.41) is 0. The second-order valence-corrected chi connectivity index (χ2v) is 6.56. The van der Waals surface area contributed by atoms with E-state index >= 15 is 0 Å². The molecule has 2 N–H and O–H groups in total. The monoisotopic (exact) mass is 316 g/mol. The van der Waals surface area contributed by atoms with Gasteiger partial charge in [-0.2, -0.15) is 0 Å². The Morgan fingerprint density at radius 3 is 1.00 bits per heavy atom. The highest BCUT2D eigenvalue weighted by Crippen LogP contribution is 2.10. The van der Waals surface area contributed by atoms with Crippen LogP contribution in [0.2, 0.25) is 0 Å². The van der Waals surface area contributed by atoms with Crippen molar-refractivity contribution >= 4 is 0 Å². The molecule has 0 amide bonds. The maximum atomic E-state index is 5.71. The Bertz CT molecular complexity index is 153. The van der Waals surface area contributed by atoms with E-state index in [4.69, 9.17) is 4.74 Å². The first-order valence-electron chi connectivity index (χ1n) is 9.99. The second kappa shape index (κ2) is 23.2. The van der Waals surface area contributed by atoms with E-state index in [0.29, 0.717) is 0 Å². The zero-order chi connectivity index (χ0) is 15.4. The van der Waals surface area contributed by atoms with Crippen molar-refractivity contribution in [1.82, 2.24) is 0 Å². The van der Waals surface area contributed by atoms with Crippen LogP contribution in [0.15, 0.2) is 0 Å². The van der Waals surface area contributed by atoms with Crippen molar-refractivity contribution in [3.8, 4) is 0 Å². The summed E-state index contributed by atoms with van der Waals surface area (Å²) in [7, 11) is 0. The molecule has 0 radical (unpaired) electrons. The molecule has 0 saturated carbocycles. The highest BCUT2D eigenvalue weighted by atomic mass is 16.5. The Balaban J connectivity index is 0. The summed E-state index contributed by atoms with van der Waals surface area (Å²) in [4.78, 5) is 0. The van der Waals surface area contributed by atoms with Gasteiger partial charge in [-0.15, -0.1) is 0 Å². The molecule has 0 aromatic carbocycles. The fraction of sp³-hybridized carbons (Fsp3) is 1.00. The third-order valence-corrected chi connectivity index (χ3v) is 4.28. The highest BCUT2D eigenvalue weighted by molar-refractivity contribution is 4.48. The van der Waals surface area contributed by atoms with Crippen LogP contribution in [-0.4, -0.2) is 18.7 Å². The number of ether oxygens (including phenoxy) is 1. The Morgan fingerprint density at radius 2 is 0.682 bits per heavy atom. The van der Waals surface area contributed by atoms with Gasteiger partial charge >= 0.3 is 0 Å². The average molecular weight is 317 g/mol. The van der Waals surface area contributed by atoms with Crippen molar-refractivity contribution in [2.75, 3.05) is 13.2 Å². The first-order chi connectivity index (χ1) is 10.4. The van der Waals surface area contributed by atoms with Gasteiger partial charge in [-0.3, -0.25) is 0 Å². The molecule has 136 valence electrons. The lowest BCUT2D eigenvalue weighted by Gasteiger charge is -2.05. The summed E-state index contributed by atoms with van der Waals surface area (Å²) < 4.78 is 5.71. The number of unbranched alkanes of at least 4 members (excludes halogenated alkanes) is 14. The van der Waals surface area contributed by atoms with Gasteiger partial charge in [0.25, 0.3) is 0 Å². The van der Waals surface area contributed by atoms with Crippen molar-refractivity contribution in [3.63, 3.8) is 0 Å². The normalized spacial score (nSPS) is 10.6. The van der Waals surface area contributed by atoms with Crippen LogP contribution in [0.25, 0.3) is 0 Å². The van der Waals surface area contributed by atoms with E-state index in [1.54, 1.807) is 0 Å². The van der Waals surface area contributed by atoms with Crippen molar-refractivity contribution in [1.29, 1.82) is 0 Å². The standard InChI is InChI=1S/C20H42O.H2O/c1-3-5-7-9-11-12-13-14-16-18-20-21-19-17-15-10-8-6-4-2;/h3-20H2,1-2H3;1H2. The molecule has 0 unspecified atom stereocenters. The smallest absolute Gasteiger partial charge is 0.0466 e. The van der Waals surface area contributed by atoms with Crippen LogP contribution in [0.4, 0.5) is 0 Å². The van der Waals surface area contributed by atoms with Gasteiger partial charge < -0.3 is 10.2 Å². The molecular formula is C20H44O2. The number of hydrogen-bond acceptors (Lipinski definition) is 1. The first kappa shape index (κ1) is 24.2. The van der Waals surface area contributed by atoms with E-state index in [-0.39, 0.29) is 5.48 Å². The molecule has 22 heavy (non-hydrogen) atoms. The molecule has 0 aliphatic carbocycles. The molecule has 0 atom stereocenters. The molecule has 2 nitrogen and oxygen atoms in total. The van der Waals surface area contributed by atoms with Gasteiger partial charge in [0.2, 0.25) is 0 Å². The molecule has 0 aromatic rings. The summed E-state index contributed by atoms with van der Waals surface area (Å²) in [5.74, 6) is 0. The Morgan fingerprint density at radius 1 is 0.409 bits per heavy atom. The topological polar surface area (TPSA) is 40.7 Å². The van der Waals surface area contributed by atoms with Crippen molar-refractivity contribution in [2.24, 2.45) is 0 Å². The van der Waals surface area contributed by atoms with E-state index in [1.165, 1.54) is 103 Å². The molecule has 0 heterocycles. The van der Waals surface area contributed by atoms with Crippen LogP contribution in [0.5, 0.6) is 0 Å². The van der Waals surface area contributed by atoms with Gasteiger partial charge in [-0.25, -0.2) is 0 Å². The predicted octanol–water partition coefficient (Wildman–Crippen LogP) is 6.46. The quantitative estimate of drug-likeness (QED) is 0.267. The maximum Gasteiger partial charge on any atom is 0.0466 e. The van der Waals surface area contributed by atoms with Crippen LogP contribution in [0, 0.1) is 0 Å². The van der Waals surface area contributed by atoms with Gasteiger partial charge in [-0.05, 0) is 12.8 Å². The summed E-state index contributed by atoms with van der Waals surface area (Å²) in [6, 6.07) is 0. The van der Waals surface area contributed by atoms with Gasteiger partial charge in [0.15, 0.2) is 0 Å². The fourth-order valence-electron chi connectivity index (χ4n) is 2.78. The van der Waals surface area contributed by atoms with Crippen LogP contribution in [0.3, 0.4) is 0 Å². The molecule has 0 spiro atoms. The van der Waals surface area contributed by atoms with Crippen LogP contribution < -0.4 is 0 Å². The van der Waals surface area contributed by atoms with Crippen molar-refractivity contribution in [2.45, 2.75) is 117 Å². The predicted molar refractivity (Wildman–Crippen MR) is 99.7 cm³/mol. The van der Waals surface area contributed by atoms with Crippen molar-refractivity contribution < 1.29 is 10.2 Å². The SMILES string of the molecule is CCCCCCCCCCCCOCCCCCCCC.O. The van der Waals surface area contributed by atoms with Crippen LogP contribution in [-0.2, 0) is 4.74 Å². The van der Waals surface area contributed by atoms with Gasteiger partial charge in [0.1, 0.15) is 0 Å². The van der Waals surface area contributed by atoms with Gasteiger partial charge in [0.05, 0.1) is 0 Å². The van der Waals surface area contributed by atoms with E-state index < -0.39 is 0 Å². The molecule has 2 heteroatoms. The molecule has 0 aromatic heterocycles. The van der Waals surface area contributed by atoms with Crippen molar-refractivity contribution in [3.05, 3.63) is 0 Å². The Labute approximate surface area is 140 Å². The summed E-state index contributed by atoms with van der Waals surface area (Å²) in [6.07, 6.45) is 22.2. The number of rotatable bonds is 18. The molecule has 0 saturated heterocycles. The maximum absolute atomic E-state index is 5.71. The third-order valence-electron chi connectivity index (χ3n) is 4.28. The minimum Gasteiger partial charge on any atom is -0.412 e. The molecule has 0 rings (SSSR count). The fourth-order valence-corrected chi connectivity index (χ4v) is 2.78. The second-order valence-electron chi connectivity index (χ2n) is 6.56. The Hall–Kier alpha value is -0.0800. The lowest BCUT2D eigenvalue weighted by molar-refractivity contribution is 0.125. The highest BCUT2D eigenvalue weighted by Gasteiger charge is 1.94. The van der Waals surface area contributed by atoms with E-state index in [0.717, 1.165) is 13.2 Å². The molecule has 0 aliphatic heterocycles. The van der Waals surface area contributed by atoms with Gasteiger partial charge in [-0.1, -0.05) is 104 Å². The zero-order valence-electron chi connectivity index (χ0n) is 15.6. The summed E-state index contributed by atoms with van der Waals surface area (Å²) in [6.45, 7) is 6.54.